The Hall–Kier alpha value is -2.99. The highest BCUT2D eigenvalue weighted by molar-refractivity contribution is 5.91. The van der Waals surface area contributed by atoms with Crippen LogP contribution < -0.4 is 0 Å². The smallest absolute Gasteiger partial charge is 0.270 e. The molecule has 2 aromatic rings. The van der Waals surface area contributed by atoms with E-state index in [1.165, 1.54) is 36.5 Å². The van der Waals surface area contributed by atoms with Crippen LogP contribution in [-0.2, 0) is 16.1 Å². The average Bonchev–Trinajstić information content (AvgIpc) is 2.58. The quantitative estimate of drug-likeness (QED) is 0.430. The summed E-state index contributed by atoms with van der Waals surface area (Å²) in [4.78, 5) is 17.2. The van der Waals surface area contributed by atoms with Crippen LogP contribution >= 0.6 is 0 Å². The van der Waals surface area contributed by atoms with Gasteiger partial charge in [0.2, 0.25) is 0 Å². The molecular weight excluding hydrogens is 310 g/mol. The third-order valence-electron chi connectivity index (χ3n) is 3.42. The molecule has 3 N–H and O–H groups in total. The molecule has 126 valence electrons. The van der Waals surface area contributed by atoms with E-state index < -0.39 is 0 Å². The van der Waals surface area contributed by atoms with Crippen LogP contribution in [0.1, 0.15) is 11.1 Å². The highest BCUT2D eigenvalue weighted by Crippen LogP contribution is 2.25. The first-order valence-corrected chi connectivity index (χ1v) is 7.33. The van der Waals surface area contributed by atoms with Crippen LogP contribution in [0.4, 0.5) is 0 Å². The minimum Gasteiger partial charge on any atom is -0.508 e. The maximum Gasteiger partial charge on any atom is 0.270 e. The predicted octanol–water partition coefficient (Wildman–Crippen LogP) is 2.45. The van der Waals surface area contributed by atoms with E-state index in [0.29, 0.717) is 18.5 Å². The Morgan fingerprint density at radius 2 is 1.79 bits per heavy atom. The monoisotopic (exact) mass is 329 g/mol. The molecule has 0 aliphatic carbocycles. The molecule has 0 bridgehead atoms. The summed E-state index contributed by atoms with van der Waals surface area (Å²) >= 11 is 0. The van der Waals surface area contributed by atoms with Gasteiger partial charge in [0.25, 0.3) is 5.91 Å². The largest absolute Gasteiger partial charge is 0.508 e. The van der Waals surface area contributed by atoms with Crippen LogP contribution in [0, 0.1) is 0 Å². The standard InChI is InChI=1S/C18H19NO5/c1-24-19(11-10-13-2-6-15(20)7-3-13)18(23)9-5-14-4-8-16(21)17(22)12-14/h2-9,12,20-22H,10-11H2,1H3/b9-5+. The first-order valence-electron chi connectivity index (χ1n) is 7.33. The van der Waals surface area contributed by atoms with Crippen molar-refractivity contribution >= 4 is 12.0 Å². The Bertz CT molecular complexity index is 725. The van der Waals surface area contributed by atoms with Crippen molar-refractivity contribution in [3.05, 3.63) is 59.7 Å². The highest BCUT2D eigenvalue weighted by Gasteiger charge is 2.10. The lowest BCUT2D eigenvalue weighted by molar-refractivity contribution is -0.169. The molecule has 6 heteroatoms. The number of amides is 1. The molecule has 0 aromatic heterocycles. The molecule has 0 atom stereocenters. The number of phenolic OH excluding ortho intramolecular Hbond substituents is 3. The van der Waals surface area contributed by atoms with Crippen molar-refractivity contribution in [3.8, 4) is 17.2 Å². The van der Waals surface area contributed by atoms with E-state index in [1.54, 1.807) is 30.3 Å². The third-order valence-corrected chi connectivity index (χ3v) is 3.42. The van der Waals surface area contributed by atoms with E-state index in [-0.39, 0.29) is 23.2 Å². The maximum absolute atomic E-state index is 12.1. The van der Waals surface area contributed by atoms with E-state index in [2.05, 4.69) is 0 Å². The van der Waals surface area contributed by atoms with Crippen LogP contribution in [0.25, 0.3) is 6.08 Å². The fourth-order valence-corrected chi connectivity index (χ4v) is 2.08. The van der Waals surface area contributed by atoms with Gasteiger partial charge in [-0.1, -0.05) is 18.2 Å². The summed E-state index contributed by atoms with van der Waals surface area (Å²) in [5.74, 6) is -0.617. The second-order valence-electron chi connectivity index (χ2n) is 5.12. The van der Waals surface area contributed by atoms with Crippen LogP contribution in [0.15, 0.2) is 48.5 Å². The van der Waals surface area contributed by atoms with Crippen LogP contribution in [-0.4, -0.2) is 39.9 Å². The highest BCUT2D eigenvalue weighted by atomic mass is 16.7. The van der Waals surface area contributed by atoms with Crippen molar-refractivity contribution in [2.24, 2.45) is 0 Å². The molecular formula is C18H19NO5. The van der Waals surface area contributed by atoms with Crippen molar-refractivity contribution < 1.29 is 25.0 Å². The van der Waals surface area contributed by atoms with Gasteiger partial charge in [0.1, 0.15) is 5.75 Å². The average molecular weight is 329 g/mol. The van der Waals surface area contributed by atoms with E-state index in [1.807, 2.05) is 0 Å². The third kappa shape index (κ3) is 4.76. The normalized spacial score (nSPS) is 10.9. The number of hydroxylamine groups is 2. The molecule has 0 saturated carbocycles. The Labute approximate surface area is 139 Å². The number of carbonyl (C=O) groups excluding carboxylic acids is 1. The van der Waals surface area contributed by atoms with Crippen molar-refractivity contribution in [1.29, 1.82) is 0 Å². The van der Waals surface area contributed by atoms with Crippen LogP contribution in [0.3, 0.4) is 0 Å². The number of carbonyl (C=O) groups is 1. The number of hydrogen-bond donors (Lipinski definition) is 3. The zero-order valence-electron chi connectivity index (χ0n) is 13.2. The SMILES string of the molecule is CON(CCc1ccc(O)cc1)C(=O)/C=C/c1ccc(O)c(O)c1. The second-order valence-corrected chi connectivity index (χ2v) is 5.12. The molecule has 2 rings (SSSR count). The fourth-order valence-electron chi connectivity index (χ4n) is 2.08. The number of phenols is 3. The molecule has 0 spiro atoms. The summed E-state index contributed by atoms with van der Waals surface area (Å²) in [7, 11) is 1.41. The molecule has 0 unspecified atom stereocenters. The van der Waals surface area contributed by atoms with Gasteiger partial charge in [-0.3, -0.25) is 9.63 Å². The summed E-state index contributed by atoms with van der Waals surface area (Å²) < 4.78 is 0. The number of nitrogens with zero attached hydrogens (tertiary/aromatic N) is 1. The van der Waals surface area contributed by atoms with Gasteiger partial charge in [0.15, 0.2) is 11.5 Å². The van der Waals surface area contributed by atoms with Gasteiger partial charge in [0, 0.05) is 6.08 Å². The minimum absolute atomic E-state index is 0.193. The van der Waals surface area contributed by atoms with Gasteiger partial charge in [-0.15, -0.1) is 0 Å². The predicted molar refractivity (Wildman–Crippen MR) is 89.3 cm³/mol. The second kappa shape index (κ2) is 8.03. The van der Waals surface area contributed by atoms with Crippen molar-refractivity contribution in [2.45, 2.75) is 6.42 Å². The molecule has 0 radical (unpaired) electrons. The maximum atomic E-state index is 12.1. The van der Waals surface area contributed by atoms with Crippen LogP contribution in [0.5, 0.6) is 17.2 Å². The van der Waals surface area contributed by atoms with Gasteiger partial charge >= 0.3 is 0 Å². The number of rotatable bonds is 6. The molecule has 0 aliphatic rings. The van der Waals surface area contributed by atoms with E-state index >= 15 is 0 Å². The summed E-state index contributed by atoms with van der Waals surface area (Å²) in [6, 6.07) is 11.0. The Balaban J connectivity index is 1.96. The zero-order valence-corrected chi connectivity index (χ0v) is 13.2. The van der Waals surface area contributed by atoms with Gasteiger partial charge < -0.3 is 15.3 Å². The lowest BCUT2D eigenvalue weighted by atomic mass is 10.1. The Morgan fingerprint density at radius 3 is 2.42 bits per heavy atom. The lowest BCUT2D eigenvalue weighted by Crippen LogP contribution is -2.30. The molecule has 0 aliphatic heterocycles. The molecule has 0 heterocycles. The fraction of sp³-hybridized carbons (Fsp3) is 0.167. The summed E-state index contributed by atoms with van der Waals surface area (Å²) in [6.07, 6.45) is 3.42. The molecule has 6 nitrogen and oxygen atoms in total. The van der Waals surface area contributed by atoms with Gasteiger partial charge in [-0.05, 0) is 47.9 Å². The minimum atomic E-state index is -0.344. The number of hydrogen-bond acceptors (Lipinski definition) is 5. The Kier molecular flexibility index (Phi) is 5.81. The molecule has 1 amide bonds. The molecule has 0 saturated heterocycles. The lowest BCUT2D eigenvalue weighted by Gasteiger charge is -2.17. The van der Waals surface area contributed by atoms with Gasteiger partial charge in [-0.2, -0.15) is 0 Å². The van der Waals surface area contributed by atoms with E-state index in [4.69, 9.17) is 4.84 Å². The molecule has 0 fully saturated rings. The Morgan fingerprint density at radius 1 is 1.08 bits per heavy atom. The first-order chi connectivity index (χ1) is 11.5. The van der Waals surface area contributed by atoms with E-state index in [0.717, 1.165) is 5.56 Å². The van der Waals surface area contributed by atoms with Crippen LogP contribution in [0.2, 0.25) is 0 Å². The zero-order chi connectivity index (χ0) is 17.5. The van der Waals surface area contributed by atoms with Crippen molar-refractivity contribution in [1.82, 2.24) is 5.06 Å². The topological polar surface area (TPSA) is 90.2 Å². The summed E-state index contributed by atoms with van der Waals surface area (Å²) in [6.45, 7) is 0.352. The van der Waals surface area contributed by atoms with Crippen molar-refractivity contribution in [3.63, 3.8) is 0 Å². The summed E-state index contributed by atoms with van der Waals surface area (Å²) in [5, 5.41) is 29.2. The van der Waals surface area contributed by atoms with Gasteiger partial charge in [-0.25, -0.2) is 5.06 Å². The first kappa shape index (κ1) is 17.4. The molecule has 2 aromatic carbocycles. The molecule has 24 heavy (non-hydrogen) atoms. The summed E-state index contributed by atoms with van der Waals surface area (Å²) in [5.41, 5.74) is 1.54. The number of aromatic hydroxyl groups is 3. The van der Waals surface area contributed by atoms with Crippen molar-refractivity contribution in [2.75, 3.05) is 13.7 Å². The van der Waals surface area contributed by atoms with Gasteiger partial charge in [0.05, 0.1) is 13.7 Å². The number of benzene rings is 2. The van der Waals surface area contributed by atoms with E-state index in [9.17, 15) is 20.1 Å².